The van der Waals surface area contributed by atoms with Crippen molar-refractivity contribution in [1.29, 1.82) is 0 Å². The Morgan fingerprint density at radius 2 is 2.13 bits per heavy atom. The van der Waals surface area contributed by atoms with Crippen LogP contribution in [0.3, 0.4) is 0 Å². The van der Waals surface area contributed by atoms with Gasteiger partial charge >= 0.3 is 0 Å². The highest BCUT2D eigenvalue weighted by Gasteiger charge is 2.05. The molecule has 0 N–H and O–H groups in total. The molecule has 5 heteroatoms. The Bertz CT molecular complexity index is 504. The van der Waals surface area contributed by atoms with Gasteiger partial charge in [0.2, 0.25) is 0 Å². The van der Waals surface area contributed by atoms with E-state index in [0.29, 0.717) is 11.4 Å². The lowest BCUT2D eigenvalue weighted by atomic mass is 10.1. The van der Waals surface area contributed by atoms with Gasteiger partial charge in [-0.05, 0) is 48.0 Å². The van der Waals surface area contributed by atoms with Gasteiger partial charge in [0.15, 0.2) is 5.82 Å². The van der Waals surface area contributed by atoms with Crippen molar-refractivity contribution in [2.45, 2.75) is 13.8 Å². The summed E-state index contributed by atoms with van der Waals surface area (Å²) in [6.07, 6.45) is 0.839. The van der Waals surface area contributed by atoms with Crippen LogP contribution in [0.5, 0.6) is 0 Å². The summed E-state index contributed by atoms with van der Waals surface area (Å²) in [7, 11) is 0. The molecular formula is C10H10N4O. The summed E-state index contributed by atoms with van der Waals surface area (Å²) in [5, 5.41) is 11.2. The monoisotopic (exact) mass is 202 g/mol. The topological polar surface area (TPSA) is 60.7 Å². The number of nitrogens with zero attached hydrogens (tertiary/aromatic N) is 4. The number of benzene rings is 1. The van der Waals surface area contributed by atoms with E-state index in [4.69, 9.17) is 0 Å². The average Bonchev–Trinajstić information content (AvgIpc) is 2.64. The molecule has 2 aromatic rings. The summed E-state index contributed by atoms with van der Waals surface area (Å²) in [5.74, 6) is 0.716. The van der Waals surface area contributed by atoms with Gasteiger partial charge < -0.3 is 0 Å². The standard InChI is InChI=1S/C10H10N4O/c1-7-5-10(4-3-9(7)6-15)14-8(2)11-12-13-14/h3-6H,1-2H3. The molecule has 0 aliphatic heterocycles. The highest BCUT2D eigenvalue weighted by Crippen LogP contribution is 2.13. The maximum atomic E-state index is 10.6. The van der Waals surface area contributed by atoms with Gasteiger partial charge in [-0.15, -0.1) is 5.10 Å². The van der Waals surface area contributed by atoms with E-state index >= 15 is 0 Å². The van der Waals surface area contributed by atoms with Crippen molar-refractivity contribution < 1.29 is 4.79 Å². The van der Waals surface area contributed by atoms with E-state index in [2.05, 4.69) is 15.5 Å². The first-order valence-corrected chi connectivity index (χ1v) is 4.53. The fourth-order valence-electron chi connectivity index (χ4n) is 1.39. The van der Waals surface area contributed by atoms with E-state index in [0.717, 1.165) is 17.5 Å². The molecule has 0 saturated heterocycles. The molecular weight excluding hydrogens is 192 g/mol. The highest BCUT2D eigenvalue weighted by molar-refractivity contribution is 5.77. The number of rotatable bonds is 2. The highest BCUT2D eigenvalue weighted by atomic mass is 16.1. The third kappa shape index (κ3) is 1.63. The molecule has 0 saturated carbocycles. The normalized spacial score (nSPS) is 10.3. The lowest BCUT2D eigenvalue weighted by Gasteiger charge is -2.04. The third-order valence-corrected chi connectivity index (χ3v) is 2.25. The minimum absolute atomic E-state index is 0.685. The van der Waals surface area contributed by atoms with Gasteiger partial charge in [0, 0.05) is 5.56 Å². The van der Waals surface area contributed by atoms with Crippen LogP contribution in [-0.2, 0) is 0 Å². The Labute approximate surface area is 86.7 Å². The second-order valence-corrected chi connectivity index (χ2v) is 3.30. The Balaban J connectivity index is 2.52. The van der Waals surface area contributed by atoms with Crippen LogP contribution < -0.4 is 0 Å². The van der Waals surface area contributed by atoms with E-state index in [9.17, 15) is 4.79 Å². The summed E-state index contributed by atoms with van der Waals surface area (Å²) >= 11 is 0. The van der Waals surface area contributed by atoms with E-state index in [1.54, 1.807) is 10.7 Å². The minimum atomic E-state index is 0.685. The Hall–Kier alpha value is -2.04. The van der Waals surface area contributed by atoms with Crippen molar-refractivity contribution in [2.24, 2.45) is 0 Å². The number of carbonyl (C=O) groups excluding carboxylic acids is 1. The zero-order valence-corrected chi connectivity index (χ0v) is 8.51. The third-order valence-electron chi connectivity index (χ3n) is 2.25. The summed E-state index contributed by atoms with van der Waals surface area (Å²) in [5.41, 5.74) is 2.46. The van der Waals surface area contributed by atoms with E-state index in [1.807, 2.05) is 26.0 Å². The van der Waals surface area contributed by atoms with Crippen LogP contribution in [0.4, 0.5) is 0 Å². The van der Waals surface area contributed by atoms with Crippen molar-refractivity contribution >= 4 is 6.29 Å². The summed E-state index contributed by atoms with van der Waals surface area (Å²) in [6, 6.07) is 5.46. The van der Waals surface area contributed by atoms with Crippen molar-refractivity contribution in [3.05, 3.63) is 35.2 Å². The number of aldehydes is 1. The van der Waals surface area contributed by atoms with Crippen molar-refractivity contribution in [3.8, 4) is 5.69 Å². The van der Waals surface area contributed by atoms with Crippen LogP contribution in [0.25, 0.3) is 5.69 Å². The van der Waals surface area contributed by atoms with Crippen LogP contribution in [0.15, 0.2) is 18.2 Å². The molecule has 0 amide bonds. The summed E-state index contributed by atoms with van der Waals surface area (Å²) in [4.78, 5) is 10.6. The molecule has 1 aromatic heterocycles. The van der Waals surface area contributed by atoms with Gasteiger partial charge in [-0.1, -0.05) is 0 Å². The van der Waals surface area contributed by atoms with Crippen LogP contribution in [0.1, 0.15) is 21.7 Å². The van der Waals surface area contributed by atoms with Gasteiger partial charge in [0.25, 0.3) is 0 Å². The second-order valence-electron chi connectivity index (χ2n) is 3.30. The van der Waals surface area contributed by atoms with E-state index in [1.165, 1.54) is 0 Å². The van der Waals surface area contributed by atoms with Crippen LogP contribution >= 0.6 is 0 Å². The number of carbonyl (C=O) groups is 1. The fraction of sp³-hybridized carbons (Fsp3) is 0.200. The Kier molecular flexibility index (Phi) is 2.29. The Morgan fingerprint density at radius 3 is 2.67 bits per heavy atom. The zero-order valence-electron chi connectivity index (χ0n) is 8.51. The quantitative estimate of drug-likeness (QED) is 0.684. The first-order chi connectivity index (χ1) is 7.22. The summed E-state index contributed by atoms with van der Waals surface area (Å²) < 4.78 is 1.63. The van der Waals surface area contributed by atoms with Crippen molar-refractivity contribution in [3.63, 3.8) is 0 Å². The molecule has 2 rings (SSSR count). The SMILES string of the molecule is Cc1cc(-n2nnnc2C)ccc1C=O. The number of aromatic nitrogens is 4. The maximum absolute atomic E-state index is 10.6. The smallest absolute Gasteiger partial charge is 0.153 e. The molecule has 1 heterocycles. The van der Waals surface area contributed by atoms with Gasteiger partial charge in [0.05, 0.1) is 5.69 Å². The molecule has 0 atom stereocenters. The molecule has 76 valence electrons. The lowest BCUT2D eigenvalue weighted by molar-refractivity contribution is 0.112. The molecule has 1 aromatic carbocycles. The minimum Gasteiger partial charge on any atom is -0.298 e. The molecule has 0 aliphatic carbocycles. The lowest BCUT2D eigenvalue weighted by Crippen LogP contribution is -2.00. The number of hydrogen-bond donors (Lipinski definition) is 0. The molecule has 0 unspecified atom stereocenters. The predicted octanol–water partition coefficient (Wildman–Crippen LogP) is 1.09. The summed E-state index contributed by atoms with van der Waals surface area (Å²) in [6.45, 7) is 3.70. The van der Waals surface area contributed by atoms with Crippen molar-refractivity contribution in [1.82, 2.24) is 20.2 Å². The van der Waals surface area contributed by atoms with Crippen LogP contribution in [0.2, 0.25) is 0 Å². The van der Waals surface area contributed by atoms with Gasteiger partial charge in [-0.2, -0.15) is 4.68 Å². The number of hydrogen-bond acceptors (Lipinski definition) is 4. The Morgan fingerprint density at radius 1 is 1.33 bits per heavy atom. The largest absolute Gasteiger partial charge is 0.298 e. The van der Waals surface area contributed by atoms with Crippen LogP contribution in [-0.4, -0.2) is 26.5 Å². The fourth-order valence-corrected chi connectivity index (χ4v) is 1.39. The average molecular weight is 202 g/mol. The maximum Gasteiger partial charge on any atom is 0.153 e. The molecule has 0 spiro atoms. The molecule has 0 radical (unpaired) electrons. The second kappa shape index (κ2) is 3.61. The predicted molar refractivity (Wildman–Crippen MR) is 54.0 cm³/mol. The van der Waals surface area contributed by atoms with Crippen LogP contribution in [0, 0.1) is 13.8 Å². The first kappa shape index (κ1) is 9.51. The van der Waals surface area contributed by atoms with Crippen molar-refractivity contribution in [2.75, 3.05) is 0 Å². The first-order valence-electron chi connectivity index (χ1n) is 4.53. The number of tetrazole rings is 1. The number of aryl methyl sites for hydroxylation is 2. The molecule has 0 bridgehead atoms. The van der Waals surface area contributed by atoms with Gasteiger partial charge in [-0.25, -0.2) is 0 Å². The van der Waals surface area contributed by atoms with Gasteiger partial charge in [0.1, 0.15) is 6.29 Å². The zero-order chi connectivity index (χ0) is 10.8. The molecule has 0 fully saturated rings. The molecule has 0 aliphatic rings. The molecule has 15 heavy (non-hydrogen) atoms. The van der Waals surface area contributed by atoms with E-state index < -0.39 is 0 Å². The molecule has 5 nitrogen and oxygen atoms in total. The van der Waals surface area contributed by atoms with E-state index in [-0.39, 0.29) is 0 Å². The van der Waals surface area contributed by atoms with Gasteiger partial charge in [-0.3, -0.25) is 4.79 Å².